The SMILES string of the molecule is COc1cccc(Cn2ccc(CNC3CC3)c2)n1. The third-order valence-corrected chi connectivity index (χ3v) is 3.32. The molecule has 0 aromatic carbocycles. The summed E-state index contributed by atoms with van der Waals surface area (Å²) >= 11 is 0. The summed E-state index contributed by atoms with van der Waals surface area (Å²) in [6, 6.07) is 8.77. The fourth-order valence-electron chi connectivity index (χ4n) is 2.09. The van der Waals surface area contributed by atoms with Gasteiger partial charge < -0.3 is 14.6 Å². The Kier molecular flexibility index (Phi) is 3.51. The first-order valence-corrected chi connectivity index (χ1v) is 6.71. The van der Waals surface area contributed by atoms with Crippen LogP contribution in [0.5, 0.6) is 5.88 Å². The van der Waals surface area contributed by atoms with Crippen LogP contribution in [0, 0.1) is 0 Å². The average molecular weight is 257 g/mol. The molecule has 4 nitrogen and oxygen atoms in total. The summed E-state index contributed by atoms with van der Waals surface area (Å²) in [5.74, 6) is 0.667. The van der Waals surface area contributed by atoms with Crippen molar-refractivity contribution in [3.63, 3.8) is 0 Å². The molecule has 0 bridgehead atoms. The van der Waals surface area contributed by atoms with Crippen LogP contribution in [-0.2, 0) is 13.1 Å². The Bertz CT molecular complexity index is 546. The lowest BCUT2D eigenvalue weighted by Crippen LogP contribution is -2.14. The van der Waals surface area contributed by atoms with Gasteiger partial charge in [-0.05, 0) is 30.5 Å². The Morgan fingerprint density at radius 2 is 2.26 bits per heavy atom. The Hall–Kier alpha value is -1.81. The van der Waals surface area contributed by atoms with Crippen molar-refractivity contribution in [1.82, 2.24) is 14.9 Å². The first-order valence-electron chi connectivity index (χ1n) is 6.71. The zero-order valence-electron chi connectivity index (χ0n) is 11.2. The fourth-order valence-corrected chi connectivity index (χ4v) is 2.09. The van der Waals surface area contributed by atoms with Crippen LogP contribution in [0.1, 0.15) is 24.1 Å². The Morgan fingerprint density at radius 1 is 1.37 bits per heavy atom. The van der Waals surface area contributed by atoms with E-state index in [1.807, 2.05) is 18.2 Å². The number of hydrogen-bond acceptors (Lipinski definition) is 3. The number of rotatable bonds is 6. The smallest absolute Gasteiger partial charge is 0.213 e. The van der Waals surface area contributed by atoms with Gasteiger partial charge in [-0.3, -0.25) is 0 Å². The van der Waals surface area contributed by atoms with E-state index in [1.165, 1.54) is 18.4 Å². The third-order valence-electron chi connectivity index (χ3n) is 3.32. The summed E-state index contributed by atoms with van der Waals surface area (Å²) < 4.78 is 7.30. The summed E-state index contributed by atoms with van der Waals surface area (Å²) in [6.07, 6.45) is 6.94. The lowest BCUT2D eigenvalue weighted by atomic mass is 10.3. The summed E-state index contributed by atoms with van der Waals surface area (Å²) in [4.78, 5) is 4.42. The molecule has 1 N–H and O–H groups in total. The molecule has 1 fully saturated rings. The summed E-state index contributed by atoms with van der Waals surface area (Å²) in [5, 5.41) is 3.52. The van der Waals surface area contributed by atoms with Crippen molar-refractivity contribution >= 4 is 0 Å². The standard InChI is InChI=1S/C15H19N3O/c1-19-15-4-2-3-14(17-15)11-18-8-7-12(10-18)9-16-13-5-6-13/h2-4,7-8,10,13,16H,5-6,9,11H2,1H3. The van der Waals surface area contributed by atoms with E-state index < -0.39 is 0 Å². The second kappa shape index (κ2) is 5.45. The molecule has 2 aromatic heterocycles. The van der Waals surface area contributed by atoms with Crippen molar-refractivity contribution in [2.24, 2.45) is 0 Å². The lowest BCUT2D eigenvalue weighted by Gasteiger charge is -2.04. The van der Waals surface area contributed by atoms with Gasteiger partial charge in [0.1, 0.15) is 0 Å². The lowest BCUT2D eigenvalue weighted by molar-refractivity contribution is 0.396. The molecular weight excluding hydrogens is 238 g/mol. The second-order valence-corrected chi connectivity index (χ2v) is 5.02. The van der Waals surface area contributed by atoms with Gasteiger partial charge in [0.2, 0.25) is 5.88 Å². The monoisotopic (exact) mass is 257 g/mol. The molecule has 100 valence electrons. The van der Waals surface area contributed by atoms with Crippen LogP contribution in [0.15, 0.2) is 36.7 Å². The maximum Gasteiger partial charge on any atom is 0.213 e. The van der Waals surface area contributed by atoms with E-state index >= 15 is 0 Å². The summed E-state index contributed by atoms with van der Waals surface area (Å²) in [7, 11) is 1.64. The van der Waals surface area contributed by atoms with Crippen molar-refractivity contribution in [2.45, 2.75) is 32.0 Å². The largest absolute Gasteiger partial charge is 0.481 e. The normalized spacial score (nSPS) is 14.6. The molecule has 0 spiro atoms. The minimum Gasteiger partial charge on any atom is -0.481 e. The predicted molar refractivity (Wildman–Crippen MR) is 74.2 cm³/mol. The van der Waals surface area contributed by atoms with E-state index in [2.05, 4.69) is 33.3 Å². The van der Waals surface area contributed by atoms with Crippen molar-refractivity contribution in [1.29, 1.82) is 0 Å². The molecule has 1 aliphatic rings. The van der Waals surface area contributed by atoms with Crippen LogP contribution in [0.3, 0.4) is 0 Å². The highest BCUT2D eigenvalue weighted by Gasteiger charge is 2.19. The van der Waals surface area contributed by atoms with Gasteiger partial charge in [-0.15, -0.1) is 0 Å². The highest BCUT2D eigenvalue weighted by molar-refractivity contribution is 5.17. The van der Waals surface area contributed by atoms with Gasteiger partial charge in [0, 0.05) is 31.0 Å². The van der Waals surface area contributed by atoms with Crippen molar-refractivity contribution < 1.29 is 4.74 Å². The van der Waals surface area contributed by atoms with E-state index in [-0.39, 0.29) is 0 Å². The van der Waals surface area contributed by atoms with E-state index in [0.717, 1.165) is 24.8 Å². The number of pyridine rings is 1. The van der Waals surface area contributed by atoms with Crippen LogP contribution in [-0.4, -0.2) is 22.7 Å². The molecular formula is C15H19N3O. The molecule has 2 aromatic rings. The van der Waals surface area contributed by atoms with Gasteiger partial charge in [0.05, 0.1) is 19.3 Å². The summed E-state index contributed by atoms with van der Waals surface area (Å²) in [5.41, 5.74) is 2.34. The molecule has 0 saturated heterocycles. The predicted octanol–water partition coefficient (Wildman–Crippen LogP) is 2.19. The highest BCUT2D eigenvalue weighted by atomic mass is 16.5. The van der Waals surface area contributed by atoms with E-state index in [0.29, 0.717) is 5.88 Å². The first-order chi connectivity index (χ1) is 9.33. The molecule has 0 amide bonds. The molecule has 1 saturated carbocycles. The Labute approximate surface area is 113 Å². The average Bonchev–Trinajstić information content (AvgIpc) is 3.17. The maximum absolute atomic E-state index is 5.14. The zero-order valence-corrected chi connectivity index (χ0v) is 11.2. The second-order valence-electron chi connectivity index (χ2n) is 5.02. The molecule has 0 radical (unpaired) electrons. The molecule has 3 rings (SSSR count). The van der Waals surface area contributed by atoms with Crippen LogP contribution in [0.4, 0.5) is 0 Å². The molecule has 0 aliphatic heterocycles. The number of nitrogens with one attached hydrogen (secondary N) is 1. The maximum atomic E-state index is 5.14. The number of ether oxygens (including phenoxy) is 1. The van der Waals surface area contributed by atoms with Crippen molar-refractivity contribution in [3.8, 4) is 5.88 Å². The van der Waals surface area contributed by atoms with Crippen LogP contribution < -0.4 is 10.1 Å². The summed E-state index contributed by atoms with van der Waals surface area (Å²) in [6.45, 7) is 1.74. The number of aromatic nitrogens is 2. The van der Waals surface area contributed by atoms with Gasteiger partial charge in [0.15, 0.2) is 0 Å². The molecule has 0 unspecified atom stereocenters. The van der Waals surface area contributed by atoms with Gasteiger partial charge in [-0.2, -0.15) is 0 Å². The van der Waals surface area contributed by atoms with Crippen LogP contribution >= 0.6 is 0 Å². The van der Waals surface area contributed by atoms with Gasteiger partial charge in [-0.1, -0.05) is 6.07 Å². The molecule has 4 heteroatoms. The minimum absolute atomic E-state index is 0.667. The first kappa shape index (κ1) is 12.2. The van der Waals surface area contributed by atoms with Gasteiger partial charge in [-0.25, -0.2) is 4.98 Å². The van der Waals surface area contributed by atoms with Crippen molar-refractivity contribution in [3.05, 3.63) is 47.9 Å². The molecule has 0 atom stereocenters. The molecule has 19 heavy (non-hydrogen) atoms. The molecule has 1 aliphatic carbocycles. The van der Waals surface area contributed by atoms with Gasteiger partial charge >= 0.3 is 0 Å². The third kappa shape index (κ3) is 3.35. The Morgan fingerprint density at radius 3 is 3.05 bits per heavy atom. The Balaban J connectivity index is 1.61. The van der Waals surface area contributed by atoms with Crippen LogP contribution in [0.2, 0.25) is 0 Å². The zero-order chi connectivity index (χ0) is 13.1. The topological polar surface area (TPSA) is 39.1 Å². The van der Waals surface area contributed by atoms with E-state index in [4.69, 9.17) is 4.74 Å². The number of methoxy groups -OCH3 is 1. The highest BCUT2D eigenvalue weighted by Crippen LogP contribution is 2.19. The van der Waals surface area contributed by atoms with Crippen molar-refractivity contribution in [2.75, 3.05) is 7.11 Å². The fraction of sp³-hybridized carbons (Fsp3) is 0.400. The van der Waals surface area contributed by atoms with Crippen LogP contribution in [0.25, 0.3) is 0 Å². The van der Waals surface area contributed by atoms with Gasteiger partial charge in [0.25, 0.3) is 0 Å². The minimum atomic E-state index is 0.667. The molecule has 2 heterocycles. The number of hydrogen-bond donors (Lipinski definition) is 1. The number of nitrogens with zero attached hydrogens (tertiary/aromatic N) is 2. The quantitative estimate of drug-likeness (QED) is 0.862. The van der Waals surface area contributed by atoms with E-state index in [1.54, 1.807) is 7.11 Å². The van der Waals surface area contributed by atoms with E-state index in [9.17, 15) is 0 Å².